The van der Waals surface area contributed by atoms with Crippen molar-refractivity contribution >= 4 is 22.7 Å². The van der Waals surface area contributed by atoms with Crippen LogP contribution in [0.4, 0.5) is 0 Å². The van der Waals surface area contributed by atoms with E-state index in [1.54, 1.807) is 7.11 Å². The number of ether oxygens (including phenoxy) is 1. The molecule has 1 aromatic heterocycles. The first-order valence-electron chi connectivity index (χ1n) is 15.5. The van der Waals surface area contributed by atoms with Crippen molar-refractivity contribution in [2.24, 2.45) is 11.1 Å². The smallest absolute Gasteiger partial charge is 0.248 e. The predicted octanol–water partition coefficient (Wildman–Crippen LogP) is 5.26. The lowest BCUT2D eigenvalue weighted by Crippen LogP contribution is -2.57. The fourth-order valence-corrected chi connectivity index (χ4v) is 9.14. The van der Waals surface area contributed by atoms with Crippen LogP contribution in [-0.2, 0) is 11.3 Å². The zero-order valence-corrected chi connectivity index (χ0v) is 24.2. The molecule has 2 bridgehead atoms. The van der Waals surface area contributed by atoms with E-state index in [-0.39, 0.29) is 5.92 Å². The number of primary amides is 1. The van der Waals surface area contributed by atoms with Crippen LogP contribution in [0.2, 0.25) is 0 Å². The zero-order valence-electron chi connectivity index (χ0n) is 24.2. The van der Waals surface area contributed by atoms with Gasteiger partial charge in [-0.3, -0.25) is 9.59 Å². The first kappa shape index (κ1) is 25.4. The Bertz CT molecular complexity index is 1570. The normalized spacial score (nSPS) is 29.0. The second-order valence-corrected chi connectivity index (χ2v) is 13.5. The van der Waals surface area contributed by atoms with Gasteiger partial charge in [0.05, 0.1) is 18.2 Å². The number of carbonyl (C=O) groups is 2. The van der Waals surface area contributed by atoms with Crippen LogP contribution in [0, 0.1) is 5.41 Å². The molecule has 4 fully saturated rings. The van der Waals surface area contributed by atoms with Crippen molar-refractivity contribution in [1.82, 2.24) is 14.4 Å². The van der Waals surface area contributed by atoms with Gasteiger partial charge in [-0.1, -0.05) is 25.3 Å². The van der Waals surface area contributed by atoms with Gasteiger partial charge >= 0.3 is 0 Å². The Morgan fingerprint density at radius 2 is 1.73 bits per heavy atom. The minimum absolute atomic E-state index is 0.160. The summed E-state index contributed by atoms with van der Waals surface area (Å²) in [5, 5.41) is 1.21. The van der Waals surface area contributed by atoms with Crippen LogP contribution in [0.5, 0.6) is 5.75 Å². The summed E-state index contributed by atoms with van der Waals surface area (Å²) in [7, 11) is 3.91. The lowest BCUT2D eigenvalue weighted by atomic mass is 9.81. The Morgan fingerprint density at radius 3 is 2.44 bits per heavy atom. The van der Waals surface area contributed by atoms with Crippen molar-refractivity contribution in [3.8, 4) is 17.0 Å². The summed E-state index contributed by atoms with van der Waals surface area (Å²) in [4.78, 5) is 31.8. The number of carbonyl (C=O) groups excluding carboxylic acids is 2. The second-order valence-electron chi connectivity index (χ2n) is 13.5. The average Bonchev–Trinajstić information content (AvgIpc) is 3.57. The van der Waals surface area contributed by atoms with E-state index in [1.165, 1.54) is 59.9 Å². The number of nitrogens with two attached hydrogens (primary N) is 1. The molecule has 5 aliphatic rings. The van der Waals surface area contributed by atoms with E-state index < -0.39 is 11.3 Å². The standard InChI is InChI=1S/C34H40N4O3/c1-36-17-22-9-10-23(18-36)38(22)33(40)34-16-28(34)27-15-24(41-2)11-13-25(27)31-30(20-6-4-3-5-7-20)26-12-8-21(32(35)39)14-29(26)37(31)19-34/h8,11-15,20,22-23,28H,3-7,9-10,16-19H2,1-2H3,(H2,35,39). The lowest BCUT2D eigenvalue weighted by molar-refractivity contribution is -0.143. The highest BCUT2D eigenvalue weighted by Crippen LogP contribution is 2.66. The fourth-order valence-electron chi connectivity index (χ4n) is 9.14. The molecular formula is C34H40N4O3. The van der Waals surface area contributed by atoms with Crippen molar-refractivity contribution in [3.05, 3.63) is 53.1 Å². The van der Waals surface area contributed by atoms with Crippen LogP contribution in [-0.4, -0.2) is 65.5 Å². The summed E-state index contributed by atoms with van der Waals surface area (Å²) < 4.78 is 8.15. The number of likely N-dealkylation sites (N-methyl/N-ethyl adjacent to an activating group) is 1. The van der Waals surface area contributed by atoms with Crippen molar-refractivity contribution < 1.29 is 14.3 Å². The number of likely N-dealkylation sites (tertiary alicyclic amines) is 1. The van der Waals surface area contributed by atoms with E-state index in [0.29, 0.717) is 36.0 Å². The van der Waals surface area contributed by atoms with Crippen molar-refractivity contribution in [2.45, 2.75) is 81.8 Å². The van der Waals surface area contributed by atoms with E-state index in [4.69, 9.17) is 10.5 Å². The minimum Gasteiger partial charge on any atom is -0.497 e. The molecule has 3 aromatic rings. The van der Waals surface area contributed by atoms with Crippen LogP contribution in [0.3, 0.4) is 0 Å². The molecule has 2 saturated carbocycles. The number of fused-ring (bicyclic) bond motifs is 9. The number of aromatic nitrogens is 1. The van der Waals surface area contributed by atoms with Crippen LogP contribution in [0.1, 0.15) is 84.7 Å². The van der Waals surface area contributed by atoms with Gasteiger partial charge in [0, 0.05) is 59.7 Å². The SMILES string of the molecule is COc1ccc2c(c1)C1CC1(C(=O)N1C3CCC1CN(C)C3)Cn1c-2c(C2CCCCC2)c2ccc(C(N)=O)cc21. The number of nitrogens with zero attached hydrogens (tertiary/aromatic N) is 3. The second kappa shape index (κ2) is 9.09. The van der Waals surface area contributed by atoms with Gasteiger partial charge in [0.1, 0.15) is 5.75 Å². The highest BCUT2D eigenvalue weighted by Gasteiger charge is 2.65. The largest absolute Gasteiger partial charge is 0.497 e. The molecule has 7 heteroatoms. The molecule has 3 aliphatic heterocycles. The Kier molecular flexibility index (Phi) is 5.63. The summed E-state index contributed by atoms with van der Waals surface area (Å²) in [5.74, 6) is 1.39. The highest BCUT2D eigenvalue weighted by molar-refractivity contribution is 6.01. The molecule has 4 unspecified atom stereocenters. The van der Waals surface area contributed by atoms with Gasteiger partial charge in [0.15, 0.2) is 0 Å². The van der Waals surface area contributed by atoms with E-state index in [9.17, 15) is 9.59 Å². The number of rotatable bonds is 4. The summed E-state index contributed by atoms with van der Waals surface area (Å²) in [6, 6.07) is 13.1. The number of benzene rings is 2. The molecule has 2 N–H and O–H groups in total. The zero-order chi connectivity index (χ0) is 28.0. The number of hydrogen-bond donors (Lipinski definition) is 1. The van der Waals surface area contributed by atoms with Gasteiger partial charge < -0.3 is 24.8 Å². The maximum atomic E-state index is 14.8. The lowest BCUT2D eigenvalue weighted by Gasteiger charge is -2.41. The number of piperazine rings is 1. The summed E-state index contributed by atoms with van der Waals surface area (Å²) in [5.41, 5.74) is 12.0. The van der Waals surface area contributed by atoms with E-state index in [0.717, 1.165) is 43.6 Å². The van der Waals surface area contributed by atoms with Gasteiger partial charge in [0.2, 0.25) is 11.8 Å². The first-order valence-corrected chi connectivity index (χ1v) is 15.5. The summed E-state index contributed by atoms with van der Waals surface area (Å²) in [6.07, 6.45) is 9.16. The molecule has 7 nitrogen and oxygen atoms in total. The molecule has 2 saturated heterocycles. The third-order valence-corrected chi connectivity index (χ3v) is 11.1. The first-order chi connectivity index (χ1) is 19.9. The van der Waals surface area contributed by atoms with E-state index >= 15 is 0 Å². The molecule has 41 heavy (non-hydrogen) atoms. The van der Waals surface area contributed by atoms with Gasteiger partial charge in [-0.15, -0.1) is 0 Å². The Labute approximate surface area is 241 Å². The molecule has 8 rings (SSSR count). The molecular weight excluding hydrogens is 512 g/mol. The molecule has 214 valence electrons. The monoisotopic (exact) mass is 552 g/mol. The Hall–Kier alpha value is -3.32. The third-order valence-electron chi connectivity index (χ3n) is 11.1. The Morgan fingerprint density at radius 1 is 0.976 bits per heavy atom. The maximum absolute atomic E-state index is 14.8. The third kappa shape index (κ3) is 3.67. The maximum Gasteiger partial charge on any atom is 0.248 e. The minimum atomic E-state index is -0.484. The number of methoxy groups -OCH3 is 1. The molecule has 2 aliphatic carbocycles. The molecule has 2 aromatic carbocycles. The molecule has 0 radical (unpaired) electrons. The molecule has 4 heterocycles. The molecule has 4 atom stereocenters. The Balaban J connectivity index is 1.35. The van der Waals surface area contributed by atoms with E-state index in [1.807, 2.05) is 12.1 Å². The quantitative estimate of drug-likeness (QED) is 0.479. The van der Waals surface area contributed by atoms with Gasteiger partial charge in [-0.2, -0.15) is 0 Å². The summed E-state index contributed by atoms with van der Waals surface area (Å²) >= 11 is 0. The fraction of sp³-hybridized carbons (Fsp3) is 0.529. The van der Waals surface area contributed by atoms with Gasteiger partial charge in [-0.25, -0.2) is 0 Å². The van der Waals surface area contributed by atoms with Crippen LogP contribution >= 0.6 is 0 Å². The molecule has 2 amide bonds. The highest BCUT2D eigenvalue weighted by atomic mass is 16.5. The average molecular weight is 553 g/mol. The molecule has 0 spiro atoms. The topological polar surface area (TPSA) is 80.8 Å². The van der Waals surface area contributed by atoms with Crippen LogP contribution in [0.25, 0.3) is 22.2 Å². The van der Waals surface area contributed by atoms with Crippen LogP contribution < -0.4 is 10.5 Å². The predicted molar refractivity (Wildman–Crippen MR) is 159 cm³/mol. The van der Waals surface area contributed by atoms with E-state index in [2.05, 4.69) is 45.7 Å². The summed E-state index contributed by atoms with van der Waals surface area (Å²) in [6.45, 7) is 2.55. The van der Waals surface area contributed by atoms with Crippen molar-refractivity contribution in [1.29, 1.82) is 0 Å². The number of amides is 2. The van der Waals surface area contributed by atoms with Gasteiger partial charge in [0.25, 0.3) is 0 Å². The number of hydrogen-bond acceptors (Lipinski definition) is 4. The van der Waals surface area contributed by atoms with Crippen LogP contribution in [0.15, 0.2) is 36.4 Å². The van der Waals surface area contributed by atoms with Crippen molar-refractivity contribution in [3.63, 3.8) is 0 Å². The van der Waals surface area contributed by atoms with Gasteiger partial charge in [-0.05, 0) is 86.5 Å². The van der Waals surface area contributed by atoms with Crippen molar-refractivity contribution in [2.75, 3.05) is 27.2 Å².